The summed E-state index contributed by atoms with van der Waals surface area (Å²) < 4.78 is 25.5. The first kappa shape index (κ1) is 15.3. The van der Waals surface area contributed by atoms with Crippen LogP contribution in [0.1, 0.15) is 27.7 Å². The molecule has 4 heteroatoms. The normalized spacial score (nSPS) is 19.4. The Labute approximate surface area is 131 Å². The minimum Gasteiger partial charge on any atom is -0.399 e. The van der Waals surface area contributed by atoms with Gasteiger partial charge in [0.1, 0.15) is 5.82 Å². The fourth-order valence-corrected chi connectivity index (χ4v) is 2.51. The summed E-state index contributed by atoms with van der Waals surface area (Å²) in [5, 5.41) is 0. The average Bonchev–Trinajstić information content (AvgIpc) is 2.68. The zero-order chi connectivity index (χ0) is 16.0. The second kappa shape index (κ2) is 5.22. The Bertz CT molecular complexity index is 681. The van der Waals surface area contributed by atoms with Gasteiger partial charge in [0.05, 0.1) is 11.2 Å². The van der Waals surface area contributed by atoms with Crippen molar-refractivity contribution in [3.63, 3.8) is 0 Å². The monoisotopic (exact) mass is 298 g/mol. The molecule has 0 atom stereocenters. The highest BCUT2D eigenvalue weighted by Gasteiger charge is 2.51. The molecule has 22 heavy (non-hydrogen) atoms. The molecule has 0 N–H and O–H groups in total. The zero-order valence-corrected chi connectivity index (χ0v) is 13.4. The smallest absolute Gasteiger partial charge is 0.399 e. The van der Waals surface area contributed by atoms with E-state index in [0.29, 0.717) is 0 Å². The predicted molar refractivity (Wildman–Crippen MR) is 87.6 cm³/mol. The Hall–Kier alpha value is -1.65. The highest BCUT2D eigenvalue weighted by molar-refractivity contribution is 6.62. The standard InChI is InChI=1S/C18H20BFO2/c1-17(2)18(3,4)22-19(21-17)15-9-5-7-13(11-15)14-8-6-10-16(20)12-14/h5-12H,1-4H3. The van der Waals surface area contributed by atoms with Gasteiger partial charge in [-0.3, -0.25) is 0 Å². The maximum Gasteiger partial charge on any atom is 0.494 e. The third-order valence-corrected chi connectivity index (χ3v) is 4.57. The lowest BCUT2D eigenvalue weighted by Crippen LogP contribution is -2.41. The Morgan fingerprint density at radius 1 is 0.818 bits per heavy atom. The minimum atomic E-state index is -0.404. The van der Waals surface area contributed by atoms with E-state index in [1.807, 2.05) is 58.0 Å². The molecular formula is C18H20BFO2. The van der Waals surface area contributed by atoms with Gasteiger partial charge in [0.15, 0.2) is 0 Å². The molecular weight excluding hydrogens is 278 g/mol. The first-order valence-corrected chi connectivity index (χ1v) is 7.50. The molecule has 2 aromatic carbocycles. The number of rotatable bonds is 2. The van der Waals surface area contributed by atoms with Gasteiger partial charge in [-0.25, -0.2) is 4.39 Å². The largest absolute Gasteiger partial charge is 0.494 e. The van der Waals surface area contributed by atoms with Crippen LogP contribution < -0.4 is 5.46 Å². The van der Waals surface area contributed by atoms with Crippen LogP contribution in [0, 0.1) is 5.82 Å². The molecule has 1 fully saturated rings. The van der Waals surface area contributed by atoms with Crippen molar-refractivity contribution in [3.05, 3.63) is 54.3 Å². The van der Waals surface area contributed by atoms with Crippen LogP contribution >= 0.6 is 0 Å². The van der Waals surface area contributed by atoms with E-state index >= 15 is 0 Å². The van der Waals surface area contributed by atoms with E-state index in [-0.39, 0.29) is 17.0 Å². The fraction of sp³-hybridized carbons (Fsp3) is 0.333. The first-order chi connectivity index (χ1) is 10.3. The third-order valence-electron chi connectivity index (χ3n) is 4.57. The van der Waals surface area contributed by atoms with Crippen molar-refractivity contribution in [2.75, 3.05) is 0 Å². The molecule has 0 bridgehead atoms. The molecule has 0 aromatic heterocycles. The first-order valence-electron chi connectivity index (χ1n) is 7.50. The number of benzene rings is 2. The van der Waals surface area contributed by atoms with Crippen molar-refractivity contribution in [2.24, 2.45) is 0 Å². The molecule has 0 unspecified atom stereocenters. The van der Waals surface area contributed by atoms with Crippen LogP contribution in [0.25, 0.3) is 11.1 Å². The van der Waals surface area contributed by atoms with Crippen LogP contribution in [0.15, 0.2) is 48.5 Å². The van der Waals surface area contributed by atoms with E-state index in [0.717, 1.165) is 16.6 Å². The van der Waals surface area contributed by atoms with Gasteiger partial charge < -0.3 is 9.31 Å². The van der Waals surface area contributed by atoms with Crippen LogP contribution in [0.4, 0.5) is 4.39 Å². The Morgan fingerprint density at radius 3 is 1.95 bits per heavy atom. The molecule has 2 nitrogen and oxygen atoms in total. The summed E-state index contributed by atoms with van der Waals surface area (Å²) in [7, 11) is -0.404. The summed E-state index contributed by atoms with van der Waals surface area (Å²) in [5.74, 6) is -0.237. The number of hydrogen-bond acceptors (Lipinski definition) is 2. The molecule has 0 saturated carbocycles. The van der Waals surface area contributed by atoms with Crippen LogP contribution in [-0.4, -0.2) is 18.3 Å². The van der Waals surface area contributed by atoms with Crippen LogP contribution in [0.2, 0.25) is 0 Å². The summed E-state index contributed by atoms with van der Waals surface area (Å²) in [6.45, 7) is 8.12. The summed E-state index contributed by atoms with van der Waals surface area (Å²) >= 11 is 0. The lowest BCUT2D eigenvalue weighted by Gasteiger charge is -2.32. The van der Waals surface area contributed by atoms with Crippen molar-refractivity contribution in [1.82, 2.24) is 0 Å². The molecule has 1 aliphatic rings. The highest BCUT2D eigenvalue weighted by Crippen LogP contribution is 2.36. The van der Waals surface area contributed by atoms with E-state index in [4.69, 9.17) is 9.31 Å². The molecule has 1 saturated heterocycles. The van der Waals surface area contributed by atoms with Gasteiger partial charge in [0.25, 0.3) is 0 Å². The molecule has 0 aliphatic carbocycles. The molecule has 2 aromatic rings. The fourth-order valence-electron chi connectivity index (χ4n) is 2.51. The molecule has 0 spiro atoms. The average molecular weight is 298 g/mol. The molecule has 3 rings (SSSR count). The zero-order valence-electron chi connectivity index (χ0n) is 13.4. The van der Waals surface area contributed by atoms with Crippen molar-refractivity contribution < 1.29 is 13.7 Å². The van der Waals surface area contributed by atoms with Gasteiger partial charge in [-0.05, 0) is 56.4 Å². The Morgan fingerprint density at radius 2 is 1.36 bits per heavy atom. The molecule has 1 aliphatic heterocycles. The third kappa shape index (κ3) is 2.69. The number of hydrogen-bond donors (Lipinski definition) is 0. The molecule has 0 radical (unpaired) electrons. The topological polar surface area (TPSA) is 18.5 Å². The van der Waals surface area contributed by atoms with Gasteiger partial charge in [0, 0.05) is 0 Å². The van der Waals surface area contributed by atoms with Gasteiger partial charge in [-0.15, -0.1) is 0 Å². The van der Waals surface area contributed by atoms with E-state index in [9.17, 15) is 4.39 Å². The highest BCUT2D eigenvalue weighted by atomic mass is 19.1. The van der Waals surface area contributed by atoms with Crippen molar-refractivity contribution in [2.45, 2.75) is 38.9 Å². The summed E-state index contributed by atoms with van der Waals surface area (Å²) in [6, 6.07) is 14.5. The quantitative estimate of drug-likeness (QED) is 0.785. The Balaban J connectivity index is 1.93. The summed E-state index contributed by atoms with van der Waals surface area (Å²) in [6.07, 6.45) is 0. The maximum atomic E-state index is 13.4. The molecule has 114 valence electrons. The summed E-state index contributed by atoms with van der Waals surface area (Å²) in [4.78, 5) is 0. The van der Waals surface area contributed by atoms with E-state index in [2.05, 4.69) is 0 Å². The number of halogens is 1. The second-order valence-corrected chi connectivity index (χ2v) is 6.72. The van der Waals surface area contributed by atoms with Gasteiger partial charge in [0.2, 0.25) is 0 Å². The molecule has 1 heterocycles. The van der Waals surface area contributed by atoms with Crippen molar-refractivity contribution >= 4 is 12.6 Å². The maximum absolute atomic E-state index is 13.4. The van der Waals surface area contributed by atoms with Crippen LogP contribution in [0.3, 0.4) is 0 Å². The van der Waals surface area contributed by atoms with Gasteiger partial charge in [-0.1, -0.05) is 36.4 Å². The van der Waals surface area contributed by atoms with Gasteiger partial charge >= 0.3 is 7.12 Å². The minimum absolute atomic E-state index is 0.237. The predicted octanol–water partition coefficient (Wildman–Crippen LogP) is 3.79. The van der Waals surface area contributed by atoms with Gasteiger partial charge in [-0.2, -0.15) is 0 Å². The van der Waals surface area contributed by atoms with E-state index < -0.39 is 7.12 Å². The van der Waals surface area contributed by atoms with E-state index in [1.165, 1.54) is 12.1 Å². The SMILES string of the molecule is CC1(C)OB(c2cccc(-c3cccc(F)c3)c2)OC1(C)C. The lowest BCUT2D eigenvalue weighted by atomic mass is 9.78. The molecule has 0 amide bonds. The summed E-state index contributed by atoms with van der Waals surface area (Å²) in [5.41, 5.74) is 2.00. The van der Waals surface area contributed by atoms with Crippen LogP contribution in [-0.2, 0) is 9.31 Å². The van der Waals surface area contributed by atoms with Crippen molar-refractivity contribution in [3.8, 4) is 11.1 Å². The van der Waals surface area contributed by atoms with Crippen molar-refractivity contribution in [1.29, 1.82) is 0 Å². The van der Waals surface area contributed by atoms with Crippen LogP contribution in [0.5, 0.6) is 0 Å². The van der Waals surface area contributed by atoms with E-state index in [1.54, 1.807) is 6.07 Å². The Kier molecular flexibility index (Phi) is 3.62. The lowest BCUT2D eigenvalue weighted by molar-refractivity contribution is 0.00578. The second-order valence-electron chi connectivity index (χ2n) is 6.72.